The van der Waals surface area contributed by atoms with Crippen LogP contribution in [-0.2, 0) is 23.3 Å². The first-order valence-corrected chi connectivity index (χ1v) is 13.5. The number of piperidine rings is 1. The van der Waals surface area contributed by atoms with E-state index >= 15 is 0 Å². The number of anilines is 1. The first-order chi connectivity index (χ1) is 18.3. The number of ether oxygens (including phenoxy) is 1. The molecule has 6 heteroatoms. The molecule has 3 aromatic carbocycles. The molecular weight excluding hydrogens is 474 g/mol. The van der Waals surface area contributed by atoms with Gasteiger partial charge < -0.3 is 15.0 Å². The van der Waals surface area contributed by atoms with Crippen molar-refractivity contribution in [3.8, 4) is 5.75 Å². The summed E-state index contributed by atoms with van der Waals surface area (Å²) < 4.78 is 5.68. The second kappa shape index (κ2) is 11.0. The molecule has 3 aromatic rings. The van der Waals surface area contributed by atoms with E-state index in [1.807, 2.05) is 36.4 Å². The fourth-order valence-corrected chi connectivity index (χ4v) is 5.13. The van der Waals surface area contributed by atoms with Crippen LogP contribution in [-0.4, -0.2) is 42.5 Å². The van der Waals surface area contributed by atoms with E-state index in [0.717, 1.165) is 55.0 Å². The zero-order valence-corrected chi connectivity index (χ0v) is 22.6. The molecule has 2 aliphatic heterocycles. The summed E-state index contributed by atoms with van der Waals surface area (Å²) in [5, 5.41) is 3.21. The first-order valence-electron chi connectivity index (χ1n) is 13.5. The zero-order chi connectivity index (χ0) is 26.7. The minimum absolute atomic E-state index is 0.0330. The minimum atomic E-state index is -0.0658. The van der Waals surface area contributed by atoms with Gasteiger partial charge in [0.25, 0.3) is 11.8 Å². The molecule has 1 fully saturated rings. The predicted octanol–water partition coefficient (Wildman–Crippen LogP) is 5.30. The summed E-state index contributed by atoms with van der Waals surface area (Å²) in [6.07, 6.45) is 1.90. The second-order valence-corrected chi connectivity index (χ2v) is 11.4. The van der Waals surface area contributed by atoms with Crippen LogP contribution in [0.2, 0.25) is 0 Å². The normalized spacial score (nSPS) is 16.6. The van der Waals surface area contributed by atoms with Gasteiger partial charge in [-0.2, -0.15) is 0 Å². The Morgan fingerprint density at radius 1 is 0.921 bits per heavy atom. The Morgan fingerprint density at radius 3 is 2.29 bits per heavy atom. The van der Waals surface area contributed by atoms with Crippen LogP contribution in [0.1, 0.15) is 60.7 Å². The van der Waals surface area contributed by atoms with Crippen molar-refractivity contribution < 1.29 is 14.3 Å². The fourth-order valence-electron chi connectivity index (χ4n) is 5.13. The maximum absolute atomic E-state index is 12.9. The predicted molar refractivity (Wildman–Crippen MR) is 150 cm³/mol. The third-order valence-corrected chi connectivity index (χ3v) is 7.50. The van der Waals surface area contributed by atoms with Crippen LogP contribution in [0.3, 0.4) is 0 Å². The highest BCUT2D eigenvalue weighted by molar-refractivity contribution is 5.98. The van der Waals surface area contributed by atoms with E-state index in [2.05, 4.69) is 67.4 Å². The minimum Gasteiger partial charge on any atom is -0.482 e. The number of carbonyl (C=O) groups is 2. The maximum Gasteiger partial charge on any atom is 0.265 e. The van der Waals surface area contributed by atoms with E-state index in [-0.39, 0.29) is 29.9 Å². The topological polar surface area (TPSA) is 61.9 Å². The molecule has 0 unspecified atom stereocenters. The largest absolute Gasteiger partial charge is 0.482 e. The highest BCUT2D eigenvalue weighted by Gasteiger charge is 2.28. The Labute approximate surface area is 225 Å². The average Bonchev–Trinajstić information content (AvgIpc) is 2.91. The molecule has 0 bridgehead atoms. The molecule has 0 aliphatic carbocycles. The van der Waals surface area contributed by atoms with E-state index in [1.165, 1.54) is 5.56 Å². The van der Waals surface area contributed by atoms with Gasteiger partial charge in [-0.25, -0.2) is 0 Å². The molecule has 38 heavy (non-hydrogen) atoms. The summed E-state index contributed by atoms with van der Waals surface area (Å²) in [6.45, 7) is 9.84. The van der Waals surface area contributed by atoms with Gasteiger partial charge in [0.1, 0.15) is 5.75 Å². The molecule has 1 saturated heterocycles. The quantitative estimate of drug-likeness (QED) is 0.488. The van der Waals surface area contributed by atoms with Crippen molar-refractivity contribution in [2.45, 2.75) is 58.2 Å². The first kappa shape index (κ1) is 26.0. The lowest BCUT2D eigenvalue weighted by atomic mass is 9.86. The van der Waals surface area contributed by atoms with Crippen molar-refractivity contribution >= 4 is 17.5 Å². The summed E-state index contributed by atoms with van der Waals surface area (Å²) in [5.41, 5.74) is 4.86. The maximum atomic E-state index is 12.9. The van der Waals surface area contributed by atoms with Crippen molar-refractivity contribution in [1.82, 2.24) is 10.2 Å². The standard InChI is InChI=1S/C32H37N3O3/c1-32(2,3)26-13-14-29-28(19-26)35(30(36)22-38-29)21-24-9-11-25(12-10-24)31(37)33-27-15-17-34(18-16-27)20-23-7-5-4-6-8-23/h4-14,19,27H,15-18,20-22H2,1-3H3,(H,33,37). The fraction of sp³-hybridized carbons (Fsp3) is 0.375. The average molecular weight is 512 g/mol. The van der Waals surface area contributed by atoms with Gasteiger partial charge in [-0.15, -0.1) is 0 Å². The summed E-state index contributed by atoms with van der Waals surface area (Å²) in [7, 11) is 0. The number of carbonyl (C=O) groups excluding carboxylic acids is 2. The lowest BCUT2D eigenvalue weighted by molar-refractivity contribution is -0.121. The number of likely N-dealkylation sites (tertiary alicyclic amines) is 1. The summed E-state index contributed by atoms with van der Waals surface area (Å²) in [6, 6.07) is 24.4. The number of nitrogens with one attached hydrogen (secondary N) is 1. The summed E-state index contributed by atoms with van der Waals surface area (Å²) >= 11 is 0. The van der Waals surface area contributed by atoms with Gasteiger partial charge >= 0.3 is 0 Å². The molecule has 2 aliphatic rings. The molecule has 6 nitrogen and oxygen atoms in total. The van der Waals surface area contributed by atoms with Gasteiger partial charge in [0.05, 0.1) is 12.2 Å². The Balaban J connectivity index is 1.18. The number of amides is 2. The molecule has 2 amide bonds. The van der Waals surface area contributed by atoms with E-state index in [1.54, 1.807) is 4.90 Å². The monoisotopic (exact) mass is 511 g/mol. The lowest BCUT2D eigenvalue weighted by Crippen LogP contribution is -2.44. The van der Waals surface area contributed by atoms with Crippen molar-refractivity contribution in [2.75, 3.05) is 24.6 Å². The Morgan fingerprint density at radius 2 is 1.61 bits per heavy atom. The molecule has 198 valence electrons. The van der Waals surface area contributed by atoms with Crippen molar-refractivity contribution in [1.29, 1.82) is 0 Å². The lowest BCUT2D eigenvalue weighted by Gasteiger charge is -2.32. The highest BCUT2D eigenvalue weighted by Crippen LogP contribution is 2.37. The van der Waals surface area contributed by atoms with E-state index < -0.39 is 0 Å². The summed E-state index contributed by atoms with van der Waals surface area (Å²) in [5.74, 6) is 0.619. The van der Waals surface area contributed by atoms with Crippen molar-refractivity contribution in [3.63, 3.8) is 0 Å². The van der Waals surface area contributed by atoms with Crippen molar-refractivity contribution in [3.05, 3.63) is 95.1 Å². The van der Waals surface area contributed by atoms with E-state index in [9.17, 15) is 9.59 Å². The van der Waals surface area contributed by atoms with Crippen LogP contribution in [0, 0.1) is 0 Å². The number of nitrogens with zero attached hydrogens (tertiary/aromatic N) is 2. The van der Waals surface area contributed by atoms with Crippen LogP contribution in [0.5, 0.6) is 5.75 Å². The third-order valence-electron chi connectivity index (χ3n) is 7.50. The molecule has 0 saturated carbocycles. The number of rotatable bonds is 6. The Kier molecular flexibility index (Phi) is 7.52. The zero-order valence-electron chi connectivity index (χ0n) is 22.6. The molecule has 0 atom stereocenters. The van der Waals surface area contributed by atoms with Gasteiger partial charge in [-0.3, -0.25) is 14.5 Å². The smallest absolute Gasteiger partial charge is 0.265 e. The highest BCUT2D eigenvalue weighted by atomic mass is 16.5. The second-order valence-electron chi connectivity index (χ2n) is 11.4. The van der Waals surface area contributed by atoms with Crippen LogP contribution in [0.25, 0.3) is 0 Å². The van der Waals surface area contributed by atoms with E-state index in [4.69, 9.17) is 4.74 Å². The van der Waals surface area contributed by atoms with Crippen LogP contribution < -0.4 is 15.0 Å². The van der Waals surface area contributed by atoms with Gasteiger partial charge in [-0.05, 0) is 59.2 Å². The molecule has 2 heterocycles. The number of benzene rings is 3. The number of hydrogen-bond acceptors (Lipinski definition) is 4. The van der Waals surface area contributed by atoms with Gasteiger partial charge in [0.15, 0.2) is 6.61 Å². The van der Waals surface area contributed by atoms with Crippen LogP contribution >= 0.6 is 0 Å². The number of fused-ring (bicyclic) bond motifs is 1. The molecule has 1 N–H and O–H groups in total. The molecule has 0 aromatic heterocycles. The van der Waals surface area contributed by atoms with E-state index in [0.29, 0.717) is 12.1 Å². The molecule has 0 radical (unpaired) electrons. The summed E-state index contributed by atoms with van der Waals surface area (Å²) in [4.78, 5) is 29.9. The van der Waals surface area contributed by atoms with Gasteiger partial charge in [-0.1, -0.05) is 69.3 Å². The molecule has 0 spiro atoms. The van der Waals surface area contributed by atoms with Crippen molar-refractivity contribution in [2.24, 2.45) is 0 Å². The van der Waals surface area contributed by atoms with Gasteiger partial charge in [0.2, 0.25) is 0 Å². The van der Waals surface area contributed by atoms with Gasteiger partial charge in [0, 0.05) is 31.2 Å². The number of hydrogen-bond donors (Lipinski definition) is 1. The van der Waals surface area contributed by atoms with Crippen LogP contribution in [0.4, 0.5) is 5.69 Å². The van der Waals surface area contributed by atoms with Crippen LogP contribution in [0.15, 0.2) is 72.8 Å². The molecule has 5 rings (SSSR count). The Bertz CT molecular complexity index is 1270. The third kappa shape index (κ3) is 6.08. The Hall–Kier alpha value is -3.64. The molecular formula is C32H37N3O3. The SMILES string of the molecule is CC(C)(C)c1ccc2c(c1)N(Cc1ccc(C(=O)NC3CCN(Cc4ccccc4)CC3)cc1)C(=O)CO2.